The van der Waals surface area contributed by atoms with Gasteiger partial charge in [-0.3, -0.25) is 0 Å². The van der Waals surface area contributed by atoms with Crippen LogP contribution >= 0.6 is 22.6 Å². The third-order valence-corrected chi connectivity index (χ3v) is 4.88. The second-order valence-corrected chi connectivity index (χ2v) is 7.46. The normalized spacial score (nSPS) is 10.6. The van der Waals surface area contributed by atoms with Gasteiger partial charge in [-0.25, -0.2) is 9.97 Å². The molecular formula is C20H15IN6O. The van der Waals surface area contributed by atoms with Crippen LogP contribution in [0.25, 0.3) is 11.2 Å². The van der Waals surface area contributed by atoms with Crippen molar-refractivity contribution < 1.29 is 4.74 Å². The Morgan fingerprint density at radius 2 is 1.96 bits per heavy atom. The van der Waals surface area contributed by atoms with Gasteiger partial charge >= 0.3 is 0 Å². The van der Waals surface area contributed by atoms with Crippen molar-refractivity contribution in [3.8, 4) is 17.7 Å². The highest BCUT2D eigenvalue weighted by molar-refractivity contribution is 14.1. The van der Waals surface area contributed by atoms with Gasteiger partial charge in [0.2, 0.25) is 5.88 Å². The predicted octanol–water partition coefficient (Wildman–Crippen LogP) is 4.68. The fourth-order valence-corrected chi connectivity index (χ4v) is 3.09. The Morgan fingerprint density at radius 1 is 1.18 bits per heavy atom. The molecule has 0 aliphatic carbocycles. The molecule has 0 spiro atoms. The Morgan fingerprint density at radius 3 is 2.68 bits per heavy atom. The molecule has 4 aromatic rings. The zero-order valence-electron chi connectivity index (χ0n) is 15.1. The summed E-state index contributed by atoms with van der Waals surface area (Å²) in [7, 11) is 1.88. The summed E-state index contributed by atoms with van der Waals surface area (Å²) >= 11 is 2.27. The molecule has 0 bridgehead atoms. The standard InChI is InChI=1S/C20H15IN6O/c1-12-7-15(9-22)23-10-17(12)28-18-8-16(19-20(26-18)27(2)11-24-19)25-14-5-3-13(21)4-6-14/h3-8,10-11H,1-2H3,(H,25,26). The highest BCUT2D eigenvalue weighted by Gasteiger charge is 2.13. The van der Waals surface area contributed by atoms with E-state index in [9.17, 15) is 0 Å². The minimum atomic E-state index is 0.348. The number of hydrogen-bond acceptors (Lipinski definition) is 6. The van der Waals surface area contributed by atoms with E-state index in [1.807, 2.05) is 54.9 Å². The van der Waals surface area contributed by atoms with Crippen molar-refractivity contribution in [3.05, 3.63) is 63.7 Å². The quantitative estimate of drug-likeness (QED) is 0.425. The summed E-state index contributed by atoms with van der Waals surface area (Å²) in [6, 6.07) is 13.6. The molecule has 0 atom stereocenters. The molecule has 1 N–H and O–H groups in total. The fourth-order valence-electron chi connectivity index (χ4n) is 2.73. The molecule has 4 rings (SSSR count). The lowest BCUT2D eigenvalue weighted by molar-refractivity contribution is 0.459. The van der Waals surface area contributed by atoms with Crippen molar-refractivity contribution in [1.82, 2.24) is 19.5 Å². The van der Waals surface area contributed by atoms with Crippen LogP contribution in [-0.2, 0) is 7.05 Å². The van der Waals surface area contributed by atoms with Crippen LogP contribution in [0.2, 0.25) is 0 Å². The smallest absolute Gasteiger partial charge is 0.223 e. The van der Waals surface area contributed by atoms with E-state index in [1.165, 1.54) is 6.20 Å². The maximum atomic E-state index is 8.98. The van der Waals surface area contributed by atoms with Crippen LogP contribution in [0.3, 0.4) is 0 Å². The molecule has 0 unspecified atom stereocenters. The van der Waals surface area contributed by atoms with E-state index in [0.29, 0.717) is 23.0 Å². The zero-order valence-corrected chi connectivity index (χ0v) is 17.3. The fraction of sp³-hybridized carbons (Fsp3) is 0.100. The first-order chi connectivity index (χ1) is 13.5. The van der Waals surface area contributed by atoms with Crippen molar-refractivity contribution in [2.24, 2.45) is 7.05 Å². The Hall–Kier alpha value is -3.19. The monoisotopic (exact) mass is 482 g/mol. The van der Waals surface area contributed by atoms with Gasteiger partial charge < -0.3 is 14.6 Å². The lowest BCUT2D eigenvalue weighted by atomic mass is 10.2. The van der Waals surface area contributed by atoms with Gasteiger partial charge in [0.05, 0.1) is 18.2 Å². The molecule has 138 valence electrons. The molecule has 0 saturated heterocycles. The number of ether oxygens (including phenoxy) is 1. The Bertz CT molecular complexity index is 1210. The molecule has 0 amide bonds. The van der Waals surface area contributed by atoms with E-state index < -0.39 is 0 Å². The predicted molar refractivity (Wildman–Crippen MR) is 115 cm³/mol. The van der Waals surface area contributed by atoms with Crippen LogP contribution in [-0.4, -0.2) is 19.5 Å². The van der Waals surface area contributed by atoms with Crippen molar-refractivity contribution in [1.29, 1.82) is 5.26 Å². The van der Waals surface area contributed by atoms with Crippen molar-refractivity contribution in [2.75, 3.05) is 5.32 Å². The molecule has 8 heteroatoms. The number of hydrogen-bond donors (Lipinski definition) is 1. The lowest BCUT2D eigenvalue weighted by Crippen LogP contribution is -1.98. The summed E-state index contributed by atoms with van der Waals surface area (Å²) in [5, 5.41) is 12.4. The van der Waals surface area contributed by atoms with Crippen LogP contribution in [0.4, 0.5) is 11.4 Å². The SMILES string of the molecule is Cc1cc(C#N)ncc1Oc1cc(Nc2ccc(I)cc2)c2ncn(C)c2n1. The number of rotatable bonds is 4. The van der Waals surface area contributed by atoms with E-state index in [0.717, 1.165) is 26.0 Å². The number of fused-ring (bicyclic) bond motifs is 1. The lowest BCUT2D eigenvalue weighted by Gasteiger charge is -2.12. The molecule has 7 nitrogen and oxygen atoms in total. The van der Waals surface area contributed by atoms with Gasteiger partial charge in [0.1, 0.15) is 17.3 Å². The number of imidazole rings is 1. The van der Waals surface area contributed by atoms with Crippen molar-refractivity contribution >= 4 is 45.1 Å². The van der Waals surface area contributed by atoms with E-state index in [4.69, 9.17) is 10.00 Å². The maximum Gasteiger partial charge on any atom is 0.223 e. The van der Waals surface area contributed by atoms with Crippen molar-refractivity contribution in [2.45, 2.75) is 6.92 Å². The van der Waals surface area contributed by atoms with Crippen LogP contribution in [0.15, 0.2) is 48.9 Å². The van der Waals surface area contributed by atoms with Crippen molar-refractivity contribution in [3.63, 3.8) is 0 Å². The third-order valence-electron chi connectivity index (χ3n) is 4.16. The van der Waals surface area contributed by atoms with E-state index in [2.05, 4.69) is 42.9 Å². The molecule has 3 heterocycles. The van der Waals surface area contributed by atoms with Gasteiger partial charge in [0.25, 0.3) is 0 Å². The molecule has 0 saturated carbocycles. The third kappa shape index (κ3) is 3.61. The maximum absolute atomic E-state index is 8.98. The average Bonchev–Trinajstić information content (AvgIpc) is 3.06. The number of nitriles is 1. The highest BCUT2D eigenvalue weighted by atomic mass is 127. The zero-order chi connectivity index (χ0) is 19.7. The van der Waals surface area contributed by atoms with E-state index >= 15 is 0 Å². The number of nitrogens with zero attached hydrogens (tertiary/aromatic N) is 5. The Balaban J connectivity index is 1.74. The summed E-state index contributed by atoms with van der Waals surface area (Å²) in [4.78, 5) is 13.1. The van der Waals surface area contributed by atoms with Gasteiger partial charge in [-0.1, -0.05) is 0 Å². The summed E-state index contributed by atoms with van der Waals surface area (Å²) in [5.74, 6) is 0.965. The Labute approximate surface area is 175 Å². The van der Waals surface area contributed by atoms with Gasteiger partial charge in [0, 0.05) is 22.4 Å². The van der Waals surface area contributed by atoms with Gasteiger partial charge in [-0.05, 0) is 65.4 Å². The number of pyridine rings is 2. The summed E-state index contributed by atoms with van der Waals surface area (Å²) in [6.07, 6.45) is 3.25. The largest absolute Gasteiger partial charge is 0.437 e. The summed E-state index contributed by atoms with van der Waals surface area (Å²) in [6.45, 7) is 1.87. The molecule has 0 aliphatic heterocycles. The number of anilines is 2. The van der Waals surface area contributed by atoms with Gasteiger partial charge in [-0.2, -0.15) is 10.2 Å². The molecule has 1 aromatic carbocycles. The molecule has 28 heavy (non-hydrogen) atoms. The first-order valence-corrected chi connectivity index (χ1v) is 9.50. The van der Waals surface area contributed by atoms with E-state index in [1.54, 1.807) is 12.4 Å². The molecule has 0 fully saturated rings. The Kier molecular flexibility index (Phi) is 4.83. The topological polar surface area (TPSA) is 88.6 Å². The number of benzene rings is 1. The highest BCUT2D eigenvalue weighted by Crippen LogP contribution is 2.31. The number of aryl methyl sites for hydroxylation is 2. The second kappa shape index (κ2) is 7.44. The number of nitrogens with one attached hydrogen (secondary N) is 1. The second-order valence-electron chi connectivity index (χ2n) is 6.22. The molecule has 3 aromatic heterocycles. The molecule has 0 aliphatic rings. The summed E-state index contributed by atoms with van der Waals surface area (Å²) < 4.78 is 8.97. The van der Waals surface area contributed by atoms with Crippen LogP contribution < -0.4 is 10.1 Å². The summed E-state index contributed by atoms with van der Waals surface area (Å²) in [5.41, 5.74) is 4.35. The van der Waals surface area contributed by atoms with Crippen LogP contribution in [0.1, 0.15) is 11.3 Å². The van der Waals surface area contributed by atoms with E-state index in [-0.39, 0.29) is 0 Å². The number of halogens is 1. The van der Waals surface area contributed by atoms with Crippen LogP contribution in [0, 0.1) is 21.8 Å². The first-order valence-electron chi connectivity index (χ1n) is 8.43. The minimum Gasteiger partial charge on any atom is -0.437 e. The first kappa shape index (κ1) is 18.2. The van der Waals surface area contributed by atoms with Crippen LogP contribution in [0.5, 0.6) is 11.6 Å². The average molecular weight is 482 g/mol. The molecular weight excluding hydrogens is 467 g/mol. The van der Waals surface area contributed by atoms with Gasteiger partial charge in [0.15, 0.2) is 11.4 Å². The van der Waals surface area contributed by atoms with Gasteiger partial charge in [-0.15, -0.1) is 0 Å². The number of aromatic nitrogens is 4. The minimum absolute atomic E-state index is 0.348. The molecule has 0 radical (unpaired) electrons.